The van der Waals surface area contributed by atoms with E-state index in [1.807, 2.05) is 18.7 Å². The topological polar surface area (TPSA) is 21.1 Å². The van der Waals surface area contributed by atoms with E-state index in [9.17, 15) is 0 Å². The van der Waals surface area contributed by atoms with Gasteiger partial charge in [0.25, 0.3) is 0 Å². The van der Waals surface area contributed by atoms with Gasteiger partial charge in [0.05, 0.1) is 11.4 Å². The number of aryl methyl sites for hydroxylation is 2. The summed E-state index contributed by atoms with van der Waals surface area (Å²) in [5, 5.41) is 4.37. The summed E-state index contributed by atoms with van der Waals surface area (Å²) in [6.45, 7) is 4.25. The van der Waals surface area contributed by atoms with Crippen molar-refractivity contribution in [2.75, 3.05) is 13.6 Å². The highest BCUT2D eigenvalue weighted by molar-refractivity contribution is 9.09. The molecule has 1 aliphatic carbocycles. The zero-order chi connectivity index (χ0) is 11.7. The summed E-state index contributed by atoms with van der Waals surface area (Å²) in [4.78, 5) is 3.17. The molecule has 1 saturated carbocycles. The second-order valence-corrected chi connectivity index (χ2v) is 6.33. The minimum Gasteiger partial charge on any atom is -0.300 e. The minimum atomic E-state index is 0.768. The van der Waals surface area contributed by atoms with Crippen molar-refractivity contribution in [1.29, 1.82) is 0 Å². The number of hydrogen-bond donors (Lipinski definition) is 0. The second-order valence-electron chi connectivity index (χ2n) is 5.03. The fourth-order valence-electron chi connectivity index (χ4n) is 2.40. The molecule has 1 aliphatic rings. The van der Waals surface area contributed by atoms with E-state index >= 15 is 0 Å². The van der Waals surface area contributed by atoms with Gasteiger partial charge in [0, 0.05) is 25.0 Å². The molecular formula is C12H20BrN3. The van der Waals surface area contributed by atoms with Crippen LogP contribution in [0.4, 0.5) is 0 Å². The molecule has 0 amide bonds. The van der Waals surface area contributed by atoms with Gasteiger partial charge in [-0.15, -0.1) is 0 Å². The Kier molecular flexibility index (Phi) is 3.70. The zero-order valence-electron chi connectivity index (χ0n) is 10.3. The first-order valence-electron chi connectivity index (χ1n) is 5.86. The Morgan fingerprint density at radius 1 is 1.56 bits per heavy atom. The molecule has 90 valence electrons. The van der Waals surface area contributed by atoms with Crippen LogP contribution in [0.25, 0.3) is 0 Å². The first-order valence-corrected chi connectivity index (χ1v) is 6.78. The largest absolute Gasteiger partial charge is 0.300 e. The highest BCUT2D eigenvalue weighted by Gasteiger charge is 2.27. The number of rotatable bonds is 4. The Bertz CT molecular complexity index is 355. The maximum atomic E-state index is 4.37. The molecule has 1 aromatic rings. The number of aromatic nitrogens is 2. The molecule has 0 spiro atoms. The normalized spacial score (nSPS) is 24.8. The third-order valence-corrected chi connectivity index (χ3v) is 4.03. The van der Waals surface area contributed by atoms with E-state index in [4.69, 9.17) is 0 Å². The van der Waals surface area contributed by atoms with E-state index in [2.05, 4.69) is 39.0 Å². The van der Waals surface area contributed by atoms with Gasteiger partial charge in [-0.05, 0) is 38.8 Å². The van der Waals surface area contributed by atoms with Gasteiger partial charge < -0.3 is 4.90 Å². The Labute approximate surface area is 106 Å². The van der Waals surface area contributed by atoms with E-state index in [1.54, 1.807) is 0 Å². The molecule has 16 heavy (non-hydrogen) atoms. The van der Waals surface area contributed by atoms with Gasteiger partial charge in [-0.3, -0.25) is 4.68 Å². The lowest BCUT2D eigenvalue weighted by atomic mass is 9.85. The van der Waals surface area contributed by atoms with Crippen LogP contribution in [0.1, 0.15) is 24.2 Å². The molecule has 0 aromatic carbocycles. The summed E-state index contributed by atoms with van der Waals surface area (Å²) >= 11 is 3.64. The third-order valence-electron chi connectivity index (χ3n) is 3.28. The van der Waals surface area contributed by atoms with Gasteiger partial charge in [-0.25, -0.2) is 0 Å². The number of alkyl halides is 1. The highest BCUT2D eigenvalue weighted by atomic mass is 79.9. The van der Waals surface area contributed by atoms with Crippen molar-refractivity contribution in [2.24, 2.45) is 13.0 Å². The average molecular weight is 286 g/mol. The molecule has 0 unspecified atom stereocenters. The maximum Gasteiger partial charge on any atom is 0.0597 e. The van der Waals surface area contributed by atoms with Crippen molar-refractivity contribution in [3.8, 4) is 0 Å². The summed E-state index contributed by atoms with van der Waals surface area (Å²) in [6, 6.07) is 2.17. The monoisotopic (exact) mass is 285 g/mol. The van der Waals surface area contributed by atoms with Crippen molar-refractivity contribution in [3.05, 3.63) is 17.5 Å². The first-order chi connectivity index (χ1) is 7.54. The Morgan fingerprint density at radius 2 is 2.25 bits per heavy atom. The van der Waals surface area contributed by atoms with Crippen LogP contribution in [0.2, 0.25) is 0 Å². The minimum absolute atomic E-state index is 0.768. The number of hydrogen-bond acceptors (Lipinski definition) is 2. The van der Waals surface area contributed by atoms with Crippen LogP contribution in [0.3, 0.4) is 0 Å². The summed E-state index contributed by atoms with van der Waals surface area (Å²) in [6.07, 6.45) is 2.66. The van der Waals surface area contributed by atoms with Crippen molar-refractivity contribution in [1.82, 2.24) is 14.7 Å². The molecule has 0 atom stereocenters. The van der Waals surface area contributed by atoms with Crippen LogP contribution in [-0.4, -0.2) is 33.1 Å². The van der Waals surface area contributed by atoms with Gasteiger partial charge in [0.2, 0.25) is 0 Å². The Hall–Kier alpha value is -0.350. The van der Waals surface area contributed by atoms with Gasteiger partial charge in [0.15, 0.2) is 0 Å². The van der Waals surface area contributed by atoms with E-state index in [-0.39, 0.29) is 0 Å². The fraction of sp³-hybridized carbons (Fsp3) is 0.750. The van der Waals surface area contributed by atoms with Crippen molar-refractivity contribution in [3.63, 3.8) is 0 Å². The van der Waals surface area contributed by atoms with Gasteiger partial charge in [-0.1, -0.05) is 15.9 Å². The van der Waals surface area contributed by atoms with Crippen molar-refractivity contribution >= 4 is 15.9 Å². The van der Waals surface area contributed by atoms with Crippen LogP contribution >= 0.6 is 15.9 Å². The zero-order valence-corrected chi connectivity index (χ0v) is 11.9. The molecule has 1 aromatic heterocycles. The van der Waals surface area contributed by atoms with Gasteiger partial charge >= 0.3 is 0 Å². The molecule has 3 nitrogen and oxygen atoms in total. The Morgan fingerprint density at radius 3 is 2.75 bits per heavy atom. The predicted octanol–water partition coefficient (Wildman–Crippen LogP) is 2.33. The molecule has 0 N–H and O–H groups in total. The molecule has 0 aliphatic heterocycles. The summed E-state index contributed by atoms with van der Waals surface area (Å²) < 4.78 is 1.99. The molecule has 2 rings (SSSR count). The molecule has 0 radical (unpaired) electrons. The smallest absolute Gasteiger partial charge is 0.0597 e. The lowest BCUT2D eigenvalue weighted by Gasteiger charge is -2.34. The molecular weight excluding hydrogens is 266 g/mol. The van der Waals surface area contributed by atoms with Gasteiger partial charge in [0.1, 0.15) is 0 Å². The SMILES string of the molecule is Cc1cc(CN(C)CC2CC(Br)C2)n(C)n1. The summed E-state index contributed by atoms with van der Waals surface area (Å²) in [7, 11) is 4.22. The van der Waals surface area contributed by atoms with Crippen LogP contribution in [0.15, 0.2) is 6.07 Å². The number of halogens is 1. The molecule has 4 heteroatoms. The summed E-state index contributed by atoms with van der Waals surface area (Å²) in [5.41, 5.74) is 2.41. The third kappa shape index (κ3) is 2.86. The van der Waals surface area contributed by atoms with Crippen molar-refractivity contribution < 1.29 is 0 Å². The second kappa shape index (κ2) is 4.88. The molecule has 1 heterocycles. The fourth-order valence-corrected chi connectivity index (χ4v) is 3.45. The van der Waals surface area contributed by atoms with Gasteiger partial charge in [-0.2, -0.15) is 5.10 Å². The molecule has 0 saturated heterocycles. The van der Waals surface area contributed by atoms with Crippen molar-refractivity contribution in [2.45, 2.75) is 31.1 Å². The average Bonchev–Trinajstić information content (AvgIpc) is 2.42. The lowest BCUT2D eigenvalue weighted by Crippen LogP contribution is -2.34. The van der Waals surface area contributed by atoms with E-state index < -0.39 is 0 Å². The van der Waals surface area contributed by atoms with E-state index in [1.165, 1.54) is 25.1 Å². The quantitative estimate of drug-likeness (QED) is 0.792. The predicted molar refractivity (Wildman–Crippen MR) is 69.7 cm³/mol. The number of nitrogens with zero attached hydrogens (tertiary/aromatic N) is 3. The van der Waals surface area contributed by atoms with Crippen LogP contribution in [0.5, 0.6) is 0 Å². The maximum absolute atomic E-state index is 4.37. The van der Waals surface area contributed by atoms with Crippen LogP contribution in [-0.2, 0) is 13.6 Å². The lowest BCUT2D eigenvalue weighted by molar-refractivity contribution is 0.205. The van der Waals surface area contributed by atoms with E-state index in [0.717, 1.165) is 23.0 Å². The summed E-state index contributed by atoms with van der Waals surface area (Å²) in [5.74, 6) is 0.878. The molecule has 1 fully saturated rings. The highest BCUT2D eigenvalue weighted by Crippen LogP contribution is 2.33. The molecule has 0 bridgehead atoms. The Balaban J connectivity index is 1.82. The standard InChI is InChI=1S/C12H20BrN3/c1-9-4-12(16(3)14-9)8-15(2)7-10-5-11(13)6-10/h4,10-11H,5-8H2,1-3H3. The first kappa shape index (κ1) is 12.1. The van der Waals surface area contributed by atoms with Crippen LogP contribution < -0.4 is 0 Å². The van der Waals surface area contributed by atoms with Crippen LogP contribution in [0, 0.1) is 12.8 Å². The van der Waals surface area contributed by atoms with E-state index in [0.29, 0.717) is 0 Å².